The van der Waals surface area contributed by atoms with Crippen LogP contribution in [0, 0.1) is 0 Å². The second-order valence-electron chi connectivity index (χ2n) is 3.11. The molecule has 1 N–H and O–H groups in total. The lowest BCUT2D eigenvalue weighted by atomic mass is 10.2. The maximum absolute atomic E-state index is 11.5. The molecule has 84 valence electrons. The molecule has 5 heteroatoms. The van der Waals surface area contributed by atoms with E-state index in [9.17, 15) is 4.21 Å². The van der Waals surface area contributed by atoms with Crippen molar-refractivity contribution >= 4 is 34.0 Å². The predicted octanol–water partition coefficient (Wildman–Crippen LogP) is 2.62. The Morgan fingerprint density at radius 3 is 2.60 bits per heavy atom. The third-order valence-corrected chi connectivity index (χ3v) is 3.98. The van der Waals surface area contributed by atoms with Crippen molar-refractivity contribution in [2.45, 2.75) is 12.2 Å². The zero-order valence-electron chi connectivity index (χ0n) is 8.08. The van der Waals surface area contributed by atoms with E-state index in [1.807, 2.05) is 6.07 Å². The van der Waals surface area contributed by atoms with Crippen molar-refractivity contribution in [3.63, 3.8) is 0 Å². The molecular formula is C10H12Cl2O2S. The highest BCUT2D eigenvalue weighted by Crippen LogP contribution is 2.23. The molecule has 0 aliphatic rings. The van der Waals surface area contributed by atoms with Crippen LogP contribution >= 0.6 is 23.2 Å². The fraction of sp³-hybridized carbons (Fsp3) is 0.400. The van der Waals surface area contributed by atoms with Crippen molar-refractivity contribution in [2.24, 2.45) is 0 Å². The zero-order chi connectivity index (χ0) is 11.3. The number of hydrogen-bond acceptors (Lipinski definition) is 2. The SMILES string of the molecule is O=S(CCCO)Cc1ccc(Cl)c(Cl)c1. The summed E-state index contributed by atoms with van der Waals surface area (Å²) >= 11 is 11.6. The molecule has 0 heterocycles. The summed E-state index contributed by atoms with van der Waals surface area (Å²) in [6.45, 7) is 0.0765. The van der Waals surface area contributed by atoms with Crippen molar-refractivity contribution in [2.75, 3.05) is 12.4 Å². The highest BCUT2D eigenvalue weighted by molar-refractivity contribution is 7.84. The fourth-order valence-corrected chi connectivity index (χ4v) is 2.58. The van der Waals surface area contributed by atoms with Gasteiger partial charge in [-0.25, -0.2) is 0 Å². The Morgan fingerprint density at radius 1 is 1.27 bits per heavy atom. The minimum Gasteiger partial charge on any atom is -0.396 e. The van der Waals surface area contributed by atoms with Gasteiger partial charge in [0.1, 0.15) is 0 Å². The van der Waals surface area contributed by atoms with Gasteiger partial charge < -0.3 is 5.11 Å². The van der Waals surface area contributed by atoms with Gasteiger partial charge in [0.05, 0.1) is 10.0 Å². The first-order chi connectivity index (χ1) is 7.13. The summed E-state index contributed by atoms with van der Waals surface area (Å²) in [5.41, 5.74) is 0.903. The van der Waals surface area contributed by atoms with Crippen LogP contribution in [0.25, 0.3) is 0 Å². The second-order valence-corrected chi connectivity index (χ2v) is 5.50. The number of rotatable bonds is 5. The lowest BCUT2D eigenvalue weighted by Crippen LogP contribution is -2.02. The van der Waals surface area contributed by atoms with Crippen LogP contribution in [0.4, 0.5) is 0 Å². The fourth-order valence-electron chi connectivity index (χ4n) is 1.11. The van der Waals surface area contributed by atoms with E-state index < -0.39 is 10.8 Å². The summed E-state index contributed by atoms with van der Waals surface area (Å²) in [6.07, 6.45) is 0.563. The lowest BCUT2D eigenvalue weighted by molar-refractivity contribution is 0.296. The second kappa shape index (κ2) is 6.48. The van der Waals surface area contributed by atoms with E-state index in [0.29, 0.717) is 28.0 Å². The summed E-state index contributed by atoms with van der Waals surface area (Å²) in [6, 6.07) is 5.23. The monoisotopic (exact) mass is 266 g/mol. The molecule has 0 saturated heterocycles. The van der Waals surface area contributed by atoms with E-state index in [1.165, 1.54) is 0 Å². The molecule has 0 amide bonds. The van der Waals surface area contributed by atoms with Crippen LogP contribution in [0.3, 0.4) is 0 Å². The third-order valence-electron chi connectivity index (χ3n) is 1.84. The van der Waals surface area contributed by atoms with Gasteiger partial charge in [-0.15, -0.1) is 0 Å². The number of aliphatic hydroxyl groups is 1. The van der Waals surface area contributed by atoms with Crippen LogP contribution in [-0.4, -0.2) is 21.7 Å². The summed E-state index contributed by atoms with van der Waals surface area (Å²) in [5, 5.41) is 9.57. The Kier molecular flexibility index (Phi) is 5.61. The van der Waals surface area contributed by atoms with E-state index in [0.717, 1.165) is 5.56 Å². The molecule has 1 unspecified atom stereocenters. The maximum atomic E-state index is 11.5. The van der Waals surface area contributed by atoms with Crippen LogP contribution in [0.1, 0.15) is 12.0 Å². The van der Waals surface area contributed by atoms with E-state index >= 15 is 0 Å². The average Bonchev–Trinajstić information content (AvgIpc) is 2.20. The normalized spacial score (nSPS) is 12.7. The first-order valence-corrected chi connectivity index (χ1v) is 6.77. The minimum absolute atomic E-state index is 0.0765. The molecule has 0 fully saturated rings. The average molecular weight is 267 g/mol. The van der Waals surface area contributed by atoms with E-state index in [4.69, 9.17) is 28.3 Å². The van der Waals surface area contributed by atoms with Crippen molar-refractivity contribution in [1.29, 1.82) is 0 Å². The predicted molar refractivity (Wildman–Crippen MR) is 64.9 cm³/mol. The molecule has 2 nitrogen and oxygen atoms in total. The Labute approximate surface area is 102 Å². The lowest BCUT2D eigenvalue weighted by Gasteiger charge is -2.03. The van der Waals surface area contributed by atoms with Crippen molar-refractivity contribution in [1.82, 2.24) is 0 Å². The maximum Gasteiger partial charge on any atom is 0.0595 e. The minimum atomic E-state index is -0.947. The quantitative estimate of drug-likeness (QED) is 0.890. The molecule has 1 aromatic carbocycles. The number of halogens is 2. The van der Waals surface area contributed by atoms with Crippen molar-refractivity contribution in [3.05, 3.63) is 33.8 Å². The molecule has 1 rings (SSSR count). The molecular weight excluding hydrogens is 255 g/mol. The Bertz CT molecular complexity index is 355. The molecule has 1 atom stereocenters. The van der Waals surface area contributed by atoms with Gasteiger partial charge in [-0.3, -0.25) is 4.21 Å². The Morgan fingerprint density at radius 2 is 2.00 bits per heavy atom. The van der Waals surface area contributed by atoms with Crippen molar-refractivity contribution < 1.29 is 9.32 Å². The molecule has 0 bridgehead atoms. The molecule has 15 heavy (non-hydrogen) atoms. The van der Waals surface area contributed by atoms with Crippen molar-refractivity contribution in [3.8, 4) is 0 Å². The van der Waals surface area contributed by atoms with Crippen LogP contribution in [0.5, 0.6) is 0 Å². The standard InChI is InChI=1S/C10H12Cl2O2S/c11-9-3-2-8(6-10(9)12)7-15(14)5-1-4-13/h2-3,6,13H,1,4-5,7H2. The Hall–Kier alpha value is -0.0900. The topological polar surface area (TPSA) is 37.3 Å². The summed E-state index contributed by atoms with van der Waals surface area (Å²) < 4.78 is 11.5. The number of aliphatic hydroxyl groups excluding tert-OH is 1. The highest BCUT2D eigenvalue weighted by atomic mass is 35.5. The zero-order valence-corrected chi connectivity index (χ0v) is 10.4. The summed E-state index contributed by atoms with van der Waals surface area (Å²) in [7, 11) is -0.947. The number of hydrogen-bond donors (Lipinski definition) is 1. The van der Waals surface area contributed by atoms with E-state index in [-0.39, 0.29) is 6.61 Å². The molecule has 1 aromatic rings. The number of benzene rings is 1. The van der Waals surface area contributed by atoms with Crippen LogP contribution in [0.15, 0.2) is 18.2 Å². The molecule has 0 aromatic heterocycles. The van der Waals surface area contributed by atoms with Gasteiger partial charge in [-0.2, -0.15) is 0 Å². The van der Waals surface area contributed by atoms with Crippen LogP contribution in [0.2, 0.25) is 10.0 Å². The molecule has 0 radical (unpaired) electrons. The van der Waals surface area contributed by atoms with E-state index in [1.54, 1.807) is 12.1 Å². The van der Waals surface area contributed by atoms with E-state index in [2.05, 4.69) is 0 Å². The van der Waals surface area contributed by atoms with Gasteiger partial charge >= 0.3 is 0 Å². The Balaban J connectivity index is 2.57. The third kappa shape index (κ3) is 4.51. The molecule has 0 spiro atoms. The molecule has 0 saturated carbocycles. The van der Waals surface area contributed by atoms with Crippen LogP contribution < -0.4 is 0 Å². The first kappa shape index (κ1) is 13.0. The summed E-state index contributed by atoms with van der Waals surface area (Å²) in [5.74, 6) is 0.966. The molecule has 0 aliphatic heterocycles. The van der Waals surface area contributed by atoms with Gasteiger partial charge in [-0.1, -0.05) is 29.3 Å². The van der Waals surface area contributed by atoms with Gasteiger partial charge in [0, 0.05) is 28.9 Å². The smallest absolute Gasteiger partial charge is 0.0595 e. The summed E-state index contributed by atoms with van der Waals surface area (Å²) in [4.78, 5) is 0. The first-order valence-electron chi connectivity index (χ1n) is 4.53. The van der Waals surface area contributed by atoms with Gasteiger partial charge in [0.15, 0.2) is 0 Å². The van der Waals surface area contributed by atoms with Gasteiger partial charge in [0.25, 0.3) is 0 Å². The van der Waals surface area contributed by atoms with Gasteiger partial charge in [0.2, 0.25) is 0 Å². The highest BCUT2D eigenvalue weighted by Gasteiger charge is 2.04. The molecule has 0 aliphatic carbocycles. The van der Waals surface area contributed by atoms with Crippen LogP contribution in [-0.2, 0) is 16.6 Å². The van der Waals surface area contributed by atoms with Gasteiger partial charge in [-0.05, 0) is 24.1 Å². The largest absolute Gasteiger partial charge is 0.396 e.